The zero-order valence-corrected chi connectivity index (χ0v) is 16.6. The molecule has 1 aromatic rings. The van der Waals surface area contributed by atoms with Crippen LogP contribution in [-0.4, -0.2) is 56.0 Å². The van der Waals surface area contributed by atoms with Crippen molar-refractivity contribution in [3.8, 4) is 0 Å². The van der Waals surface area contributed by atoms with Crippen LogP contribution in [0.25, 0.3) is 0 Å². The van der Waals surface area contributed by atoms with Crippen molar-refractivity contribution in [3.05, 3.63) is 36.4 Å². The first-order valence-corrected chi connectivity index (χ1v) is 10.5. The average Bonchev–Trinajstić information content (AvgIpc) is 2.91. The van der Waals surface area contributed by atoms with Crippen molar-refractivity contribution in [1.29, 1.82) is 0 Å². The Kier molecular flexibility index (Phi) is 5.66. The summed E-state index contributed by atoms with van der Waals surface area (Å²) >= 11 is 0. The molecule has 0 radical (unpaired) electrons. The van der Waals surface area contributed by atoms with Crippen molar-refractivity contribution >= 4 is 33.4 Å². The molecule has 2 aliphatic rings. The second-order valence-corrected chi connectivity index (χ2v) is 9.25. The van der Waals surface area contributed by atoms with Crippen LogP contribution in [0, 0.1) is 11.8 Å². The summed E-state index contributed by atoms with van der Waals surface area (Å²) in [5, 5.41) is 2.63. The average molecular weight is 405 g/mol. The van der Waals surface area contributed by atoms with E-state index < -0.39 is 15.9 Å². The Hall–Kier alpha value is -2.52. The second kappa shape index (κ2) is 7.84. The fraction of sp³-hybridized carbons (Fsp3) is 0.421. The Morgan fingerprint density at radius 3 is 2.32 bits per heavy atom. The van der Waals surface area contributed by atoms with E-state index in [9.17, 15) is 22.8 Å². The highest BCUT2D eigenvalue weighted by atomic mass is 32.2. The number of benzene rings is 1. The van der Waals surface area contributed by atoms with Crippen molar-refractivity contribution in [1.82, 2.24) is 9.21 Å². The highest BCUT2D eigenvalue weighted by molar-refractivity contribution is 7.89. The molecule has 0 saturated carbocycles. The number of amides is 3. The lowest BCUT2D eigenvalue weighted by atomic mass is 9.85. The van der Waals surface area contributed by atoms with Gasteiger partial charge in [-0.25, -0.2) is 12.7 Å². The molecule has 9 heteroatoms. The third-order valence-electron chi connectivity index (χ3n) is 5.06. The predicted octanol–water partition coefficient (Wildman–Crippen LogP) is 1.22. The minimum absolute atomic E-state index is 0.0200. The highest BCUT2D eigenvalue weighted by Crippen LogP contribution is 2.35. The number of nitrogens with zero attached hydrogens (tertiary/aromatic N) is 2. The number of anilines is 1. The van der Waals surface area contributed by atoms with Crippen molar-refractivity contribution < 1.29 is 22.8 Å². The van der Waals surface area contributed by atoms with Gasteiger partial charge in [0, 0.05) is 32.7 Å². The van der Waals surface area contributed by atoms with E-state index in [4.69, 9.17) is 0 Å². The van der Waals surface area contributed by atoms with Crippen LogP contribution in [0.4, 0.5) is 5.69 Å². The molecule has 0 bridgehead atoms. The van der Waals surface area contributed by atoms with E-state index in [1.54, 1.807) is 6.07 Å². The summed E-state index contributed by atoms with van der Waals surface area (Å²) in [5.74, 6) is -1.45. The molecule has 28 heavy (non-hydrogen) atoms. The Labute approximate surface area is 164 Å². The lowest BCUT2D eigenvalue weighted by molar-refractivity contribution is -0.140. The van der Waals surface area contributed by atoms with E-state index >= 15 is 0 Å². The Morgan fingerprint density at radius 2 is 1.75 bits per heavy atom. The number of sulfonamides is 1. The minimum Gasteiger partial charge on any atom is -0.326 e. The van der Waals surface area contributed by atoms with E-state index in [0.29, 0.717) is 18.5 Å². The molecule has 150 valence electrons. The van der Waals surface area contributed by atoms with Crippen LogP contribution in [0.3, 0.4) is 0 Å². The molecule has 1 aliphatic heterocycles. The van der Waals surface area contributed by atoms with E-state index in [1.165, 1.54) is 37.2 Å². The first-order chi connectivity index (χ1) is 13.2. The minimum atomic E-state index is -3.61. The molecule has 1 fully saturated rings. The zero-order chi connectivity index (χ0) is 20.5. The van der Waals surface area contributed by atoms with Gasteiger partial charge in [0.25, 0.3) is 0 Å². The van der Waals surface area contributed by atoms with Gasteiger partial charge in [-0.2, -0.15) is 0 Å². The van der Waals surface area contributed by atoms with Crippen LogP contribution < -0.4 is 5.32 Å². The smallest absolute Gasteiger partial charge is 0.242 e. The lowest BCUT2D eigenvalue weighted by Gasteiger charge is -2.15. The fourth-order valence-corrected chi connectivity index (χ4v) is 4.42. The summed E-state index contributed by atoms with van der Waals surface area (Å²) in [6.07, 6.45) is 4.90. The SMILES string of the molecule is CN(C)S(=O)(=O)c1cccc(NC(=O)CCN2C(=O)C3CC=CCC3C2=O)c1. The summed E-state index contributed by atoms with van der Waals surface area (Å²) in [4.78, 5) is 38.3. The van der Waals surface area contributed by atoms with Gasteiger partial charge in [-0.15, -0.1) is 0 Å². The van der Waals surface area contributed by atoms with Gasteiger partial charge in [0.15, 0.2) is 0 Å². The maximum absolute atomic E-state index is 12.4. The third kappa shape index (κ3) is 3.85. The van der Waals surface area contributed by atoms with Crippen LogP contribution >= 0.6 is 0 Å². The molecule has 1 aromatic carbocycles. The maximum atomic E-state index is 12.4. The quantitative estimate of drug-likeness (QED) is 0.566. The summed E-state index contributed by atoms with van der Waals surface area (Å²) in [6.45, 7) is 0.0200. The molecular weight excluding hydrogens is 382 g/mol. The van der Waals surface area contributed by atoms with Gasteiger partial charge >= 0.3 is 0 Å². The summed E-state index contributed by atoms with van der Waals surface area (Å²) in [7, 11) is -0.752. The van der Waals surface area contributed by atoms with Crippen molar-refractivity contribution in [2.75, 3.05) is 26.0 Å². The Morgan fingerprint density at radius 1 is 1.14 bits per heavy atom. The molecule has 3 amide bonds. The van der Waals surface area contributed by atoms with Gasteiger partial charge in [-0.05, 0) is 31.0 Å². The molecule has 8 nitrogen and oxygen atoms in total. The van der Waals surface area contributed by atoms with Crippen LogP contribution in [0.15, 0.2) is 41.3 Å². The number of rotatable bonds is 6. The molecule has 1 aliphatic carbocycles. The van der Waals surface area contributed by atoms with Crippen molar-refractivity contribution in [2.45, 2.75) is 24.2 Å². The number of fused-ring (bicyclic) bond motifs is 1. The number of allylic oxidation sites excluding steroid dienone is 2. The van der Waals surface area contributed by atoms with Gasteiger partial charge in [0.05, 0.1) is 16.7 Å². The number of likely N-dealkylation sites (tertiary alicyclic amines) is 1. The molecule has 2 atom stereocenters. The van der Waals surface area contributed by atoms with Gasteiger partial charge in [-0.3, -0.25) is 19.3 Å². The molecule has 1 heterocycles. The van der Waals surface area contributed by atoms with Gasteiger partial charge in [0.1, 0.15) is 0 Å². The predicted molar refractivity (Wildman–Crippen MR) is 103 cm³/mol. The number of hydrogen-bond donors (Lipinski definition) is 1. The van der Waals surface area contributed by atoms with Crippen LogP contribution in [0.2, 0.25) is 0 Å². The first-order valence-electron chi connectivity index (χ1n) is 9.04. The van der Waals surface area contributed by atoms with Gasteiger partial charge < -0.3 is 5.32 Å². The fourth-order valence-electron chi connectivity index (χ4n) is 3.47. The molecular formula is C19H23N3O5S. The van der Waals surface area contributed by atoms with Crippen molar-refractivity contribution in [3.63, 3.8) is 0 Å². The largest absolute Gasteiger partial charge is 0.326 e. The van der Waals surface area contributed by atoms with E-state index in [-0.39, 0.29) is 41.5 Å². The summed E-state index contributed by atoms with van der Waals surface area (Å²) in [6, 6.07) is 5.94. The standard InChI is InChI=1S/C19H23N3O5S/c1-21(2)28(26,27)14-7-5-6-13(12-14)20-17(23)10-11-22-18(24)15-8-3-4-9-16(15)19(22)25/h3-7,12,15-16H,8-11H2,1-2H3,(H,20,23). The molecule has 1 N–H and O–H groups in total. The highest BCUT2D eigenvalue weighted by Gasteiger charge is 2.46. The molecule has 0 aromatic heterocycles. The maximum Gasteiger partial charge on any atom is 0.242 e. The normalized spacial score (nSPS) is 21.9. The number of imide groups is 1. The molecule has 1 saturated heterocycles. The zero-order valence-electron chi connectivity index (χ0n) is 15.8. The lowest BCUT2D eigenvalue weighted by Crippen LogP contribution is -2.34. The van der Waals surface area contributed by atoms with Crippen LogP contribution in [0.1, 0.15) is 19.3 Å². The van der Waals surface area contributed by atoms with E-state index in [1.807, 2.05) is 12.2 Å². The second-order valence-electron chi connectivity index (χ2n) is 7.10. The van der Waals surface area contributed by atoms with Gasteiger partial charge in [0.2, 0.25) is 27.7 Å². The number of carbonyl (C=O) groups is 3. The summed E-state index contributed by atoms with van der Waals surface area (Å²) in [5.41, 5.74) is 0.338. The number of nitrogens with one attached hydrogen (secondary N) is 1. The third-order valence-corrected chi connectivity index (χ3v) is 6.87. The molecule has 3 rings (SSSR count). The topological polar surface area (TPSA) is 104 Å². The number of carbonyl (C=O) groups excluding carboxylic acids is 3. The Bertz CT molecular complexity index is 913. The van der Waals surface area contributed by atoms with E-state index in [0.717, 1.165) is 4.31 Å². The van der Waals surface area contributed by atoms with Crippen molar-refractivity contribution in [2.24, 2.45) is 11.8 Å². The first kappa shape index (κ1) is 20.2. The van der Waals surface area contributed by atoms with Crippen LogP contribution in [-0.2, 0) is 24.4 Å². The van der Waals surface area contributed by atoms with E-state index in [2.05, 4.69) is 5.32 Å². The monoisotopic (exact) mass is 405 g/mol. The summed E-state index contributed by atoms with van der Waals surface area (Å²) < 4.78 is 25.5. The molecule has 2 unspecified atom stereocenters. The Balaban J connectivity index is 1.61. The molecule has 0 spiro atoms. The number of hydrogen-bond acceptors (Lipinski definition) is 5. The van der Waals surface area contributed by atoms with Gasteiger partial charge in [-0.1, -0.05) is 18.2 Å². The van der Waals surface area contributed by atoms with Crippen LogP contribution in [0.5, 0.6) is 0 Å².